The Morgan fingerprint density at radius 3 is 2.93 bits per heavy atom. The van der Waals surface area contributed by atoms with Gasteiger partial charge >= 0.3 is 0 Å². The molecule has 0 radical (unpaired) electrons. The summed E-state index contributed by atoms with van der Waals surface area (Å²) in [4.78, 5) is 19.3. The summed E-state index contributed by atoms with van der Waals surface area (Å²) in [5.74, 6) is 0.193. The summed E-state index contributed by atoms with van der Waals surface area (Å²) in [6.07, 6.45) is 5.14. The number of aromatic hydroxyl groups is 1. The average Bonchev–Trinajstić information content (AvgIpc) is 3.15. The maximum Gasteiger partial charge on any atom is 0.202 e. The van der Waals surface area contributed by atoms with Gasteiger partial charge in [-0.25, -0.2) is 4.98 Å². The van der Waals surface area contributed by atoms with Crippen molar-refractivity contribution in [3.05, 3.63) is 58.4 Å². The number of piperidine rings is 1. The van der Waals surface area contributed by atoms with Crippen molar-refractivity contribution in [3.8, 4) is 16.3 Å². The highest BCUT2D eigenvalue weighted by Crippen LogP contribution is 2.31. The minimum atomic E-state index is -0.103. The maximum atomic E-state index is 13.2. The van der Waals surface area contributed by atoms with Crippen LogP contribution in [0.4, 0.5) is 0 Å². The van der Waals surface area contributed by atoms with E-state index in [1.165, 1.54) is 41.8 Å². The first kappa shape index (κ1) is 18.3. The van der Waals surface area contributed by atoms with Crippen molar-refractivity contribution in [2.45, 2.75) is 38.8 Å². The van der Waals surface area contributed by atoms with Crippen molar-refractivity contribution in [1.29, 1.82) is 0 Å². The first-order chi connectivity index (χ1) is 14.1. The van der Waals surface area contributed by atoms with Crippen LogP contribution in [-0.4, -0.2) is 22.7 Å². The number of nitrogens with one attached hydrogen (secondary N) is 1. The predicted molar refractivity (Wildman–Crippen MR) is 116 cm³/mol. The van der Waals surface area contributed by atoms with E-state index in [1.54, 1.807) is 12.1 Å². The quantitative estimate of drug-likeness (QED) is 0.543. The summed E-state index contributed by atoms with van der Waals surface area (Å²) in [7, 11) is 0. The molecule has 0 spiro atoms. The number of rotatable bonds is 3. The lowest BCUT2D eigenvalue weighted by atomic mass is 10.0. The third kappa shape index (κ3) is 3.22. The smallest absolute Gasteiger partial charge is 0.202 e. The third-order valence-corrected chi connectivity index (χ3v) is 7.10. The van der Waals surface area contributed by atoms with Crippen LogP contribution in [0.5, 0.6) is 5.75 Å². The van der Waals surface area contributed by atoms with Gasteiger partial charge in [0, 0.05) is 0 Å². The van der Waals surface area contributed by atoms with E-state index in [4.69, 9.17) is 4.42 Å². The molecule has 1 fully saturated rings. The number of phenolic OH excluding ortho intramolecular Hbond substituents is 1. The Labute approximate surface area is 172 Å². The fraction of sp³-hybridized carbons (Fsp3) is 0.304. The number of likely N-dealkylation sites (tertiary alicyclic amines) is 1. The third-order valence-electron chi connectivity index (χ3n) is 6.03. The fourth-order valence-corrected chi connectivity index (χ4v) is 5.26. The SMILES string of the molecule is C[C@H]1CCCC[NH+]1Cc1c(O)ccc2c(=O)c(-c3nc4ccccc4s3)coc12. The summed E-state index contributed by atoms with van der Waals surface area (Å²) < 4.78 is 6.99. The predicted octanol–water partition coefficient (Wildman–Crippen LogP) is 3.73. The molecule has 1 aliphatic rings. The monoisotopic (exact) mass is 407 g/mol. The number of aromatic nitrogens is 1. The van der Waals surface area contributed by atoms with Crippen LogP contribution >= 0.6 is 11.3 Å². The van der Waals surface area contributed by atoms with Gasteiger partial charge in [-0.15, -0.1) is 11.3 Å². The highest BCUT2D eigenvalue weighted by atomic mass is 32.1. The molecule has 1 saturated heterocycles. The van der Waals surface area contributed by atoms with Gasteiger partial charge in [0.2, 0.25) is 5.43 Å². The van der Waals surface area contributed by atoms with Crippen LogP contribution in [0.15, 0.2) is 51.9 Å². The van der Waals surface area contributed by atoms with Gasteiger partial charge in [0.25, 0.3) is 0 Å². The number of phenols is 1. The van der Waals surface area contributed by atoms with Crippen LogP contribution in [-0.2, 0) is 6.54 Å². The summed E-state index contributed by atoms with van der Waals surface area (Å²) in [6.45, 7) is 3.98. The van der Waals surface area contributed by atoms with E-state index in [-0.39, 0.29) is 11.2 Å². The molecule has 0 bridgehead atoms. The zero-order chi connectivity index (χ0) is 20.0. The molecule has 29 heavy (non-hydrogen) atoms. The average molecular weight is 408 g/mol. The second-order valence-corrected chi connectivity index (χ2v) is 8.92. The van der Waals surface area contributed by atoms with Gasteiger partial charge < -0.3 is 14.4 Å². The number of fused-ring (bicyclic) bond motifs is 2. The van der Waals surface area contributed by atoms with Crippen molar-refractivity contribution >= 4 is 32.5 Å². The molecule has 5 rings (SSSR count). The second kappa shape index (κ2) is 7.28. The molecule has 0 saturated carbocycles. The van der Waals surface area contributed by atoms with E-state index in [9.17, 15) is 9.90 Å². The van der Waals surface area contributed by atoms with Gasteiger partial charge in [0.05, 0.1) is 39.3 Å². The van der Waals surface area contributed by atoms with Crippen LogP contribution in [0.3, 0.4) is 0 Å². The molecule has 1 unspecified atom stereocenters. The maximum absolute atomic E-state index is 13.2. The molecule has 2 aromatic heterocycles. The molecule has 5 nitrogen and oxygen atoms in total. The number of thiazole rings is 1. The molecular weight excluding hydrogens is 384 g/mol. The Balaban J connectivity index is 1.61. The van der Waals surface area contributed by atoms with Crippen molar-refractivity contribution in [1.82, 2.24) is 4.98 Å². The summed E-state index contributed by atoms with van der Waals surface area (Å²) in [6, 6.07) is 11.7. The topological polar surface area (TPSA) is 67.8 Å². The molecule has 6 heteroatoms. The summed E-state index contributed by atoms with van der Waals surface area (Å²) in [5.41, 5.74) is 2.45. The highest BCUT2D eigenvalue weighted by Gasteiger charge is 2.25. The van der Waals surface area contributed by atoms with Crippen LogP contribution in [0.25, 0.3) is 31.8 Å². The van der Waals surface area contributed by atoms with Crippen LogP contribution in [0, 0.1) is 0 Å². The van der Waals surface area contributed by atoms with E-state index in [1.807, 2.05) is 24.3 Å². The van der Waals surface area contributed by atoms with E-state index < -0.39 is 0 Å². The number of quaternary nitrogens is 1. The lowest BCUT2D eigenvalue weighted by Gasteiger charge is -2.30. The van der Waals surface area contributed by atoms with Crippen molar-refractivity contribution in [2.24, 2.45) is 0 Å². The van der Waals surface area contributed by atoms with Crippen LogP contribution in [0.1, 0.15) is 31.7 Å². The molecule has 2 aromatic carbocycles. The molecule has 0 aliphatic carbocycles. The lowest BCUT2D eigenvalue weighted by Crippen LogP contribution is -3.14. The number of nitrogens with zero attached hydrogens (tertiary/aromatic N) is 1. The van der Waals surface area contributed by atoms with E-state index >= 15 is 0 Å². The highest BCUT2D eigenvalue weighted by molar-refractivity contribution is 7.21. The summed E-state index contributed by atoms with van der Waals surface area (Å²) in [5, 5.41) is 11.7. The number of hydrogen-bond acceptors (Lipinski definition) is 5. The molecule has 148 valence electrons. The van der Waals surface area contributed by atoms with Crippen molar-refractivity contribution in [2.75, 3.05) is 6.54 Å². The molecular formula is C23H23N2O3S+. The molecule has 3 heterocycles. The van der Waals surface area contributed by atoms with E-state index in [0.717, 1.165) is 22.3 Å². The minimum Gasteiger partial charge on any atom is -0.507 e. The molecule has 0 amide bonds. The van der Waals surface area contributed by atoms with Crippen molar-refractivity contribution < 1.29 is 14.4 Å². The summed E-state index contributed by atoms with van der Waals surface area (Å²) >= 11 is 1.48. The normalized spacial score (nSPS) is 19.8. The Hall–Kier alpha value is -2.70. The Morgan fingerprint density at radius 1 is 1.24 bits per heavy atom. The van der Waals surface area contributed by atoms with Crippen LogP contribution in [0.2, 0.25) is 0 Å². The first-order valence-electron chi connectivity index (χ1n) is 10.1. The number of benzene rings is 2. The zero-order valence-electron chi connectivity index (χ0n) is 16.3. The molecule has 4 aromatic rings. The molecule has 2 atom stereocenters. The Bertz CT molecular complexity index is 1230. The second-order valence-electron chi connectivity index (χ2n) is 7.89. The zero-order valence-corrected chi connectivity index (χ0v) is 17.1. The number of para-hydroxylation sites is 1. The minimum absolute atomic E-state index is 0.103. The van der Waals surface area contributed by atoms with Crippen molar-refractivity contribution in [3.63, 3.8) is 0 Å². The van der Waals surface area contributed by atoms with Gasteiger partial charge in [0.1, 0.15) is 29.1 Å². The van der Waals surface area contributed by atoms with E-state index in [2.05, 4.69) is 11.9 Å². The standard InChI is InChI=1S/C23H22N2O3S/c1-14-6-4-5-11-25(14)12-16-19(26)10-9-15-21(27)17(13-28-22(15)16)23-24-18-7-2-3-8-20(18)29-23/h2-3,7-10,13-14,26H,4-6,11-12H2,1H3/p+1/t14-/m0/s1. The Kier molecular flexibility index (Phi) is 4.60. The van der Waals surface area contributed by atoms with Gasteiger partial charge in [-0.1, -0.05) is 12.1 Å². The van der Waals surface area contributed by atoms with Crippen LogP contribution < -0.4 is 10.3 Å². The van der Waals surface area contributed by atoms with Gasteiger partial charge in [-0.2, -0.15) is 0 Å². The van der Waals surface area contributed by atoms with Gasteiger partial charge in [0.15, 0.2) is 0 Å². The van der Waals surface area contributed by atoms with Gasteiger partial charge in [-0.3, -0.25) is 4.79 Å². The van der Waals surface area contributed by atoms with E-state index in [0.29, 0.717) is 34.1 Å². The molecule has 1 aliphatic heterocycles. The van der Waals surface area contributed by atoms with Gasteiger partial charge in [-0.05, 0) is 50.5 Å². The molecule has 2 N–H and O–H groups in total. The Morgan fingerprint density at radius 2 is 2.10 bits per heavy atom. The first-order valence-corrected chi connectivity index (χ1v) is 10.9. The fourth-order valence-electron chi connectivity index (χ4n) is 4.30. The lowest BCUT2D eigenvalue weighted by molar-refractivity contribution is -0.941. The largest absolute Gasteiger partial charge is 0.507 e. The number of hydrogen-bond donors (Lipinski definition) is 2.